The summed E-state index contributed by atoms with van der Waals surface area (Å²) in [5.41, 5.74) is 5.85. The van der Waals surface area contributed by atoms with Gasteiger partial charge in [-0.15, -0.1) is 0 Å². The quantitative estimate of drug-likeness (QED) is 0.817. The van der Waals surface area contributed by atoms with Crippen molar-refractivity contribution in [3.63, 3.8) is 0 Å². The van der Waals surface area contributed by atoms with Crippen LogP contribution in [-0.4, -0.2) is 55.7 Å². The topological polar surface area (TPSA) is 113 Å². The Morgan fingerprint density at radius 3 is 2.12 bits per heavy atom. The normalized spacial score (nSPS) is 19.5. The van der Waals surface area contributed by atoms with Gasteiger partial charge in [-0.1, -0.05) is 0 Å². The van der Waals surface area contributed by atoms with Crippen molar-refractivity contribution in [2.75, 3.05) is 31.5 Å². The summed E-state index contributed by atoms with van der Waals surface area (Å²) in [6.45, 7) is 2.06. The zero-order chi connectivity index (χ0) is 18.7. The van der Waals surface area contributed by atoms with Gasteiger partial charge in [-0.2, -0.15) is 4.31 Å². The summed E-state index contributed by atoms with van der Waals surface area (Å²) in [6, 6.07) is 6.02. The minimum atomic E-state index is -3.61. The predicted molar refractivity (Wildman–Crippen MR) is 96.9 cm³/mol. The number of likely N-dealkylation sites (tertiary alicyclic amines) is 1. The van der Waals surface area contributed by atoms with Crippen LogP contribution in [0.3, 0.4) is 0 Å². The van der Waals surface area contributed by atoms with Crippen molar-refractivity contribution in [1.82, 2.24) is 9.21 Å². The molecule has 142 valence electrons. The van der Waals surface area contributed by atoms with Crippen molar-refractivity contribution in [3.05, 3.63) is 24.3 Å². The minimum absolute atomic E-state index is 0.161. The number of sulfonamides is 1. The van der Waals surface area contributed by atoms with Crippen molar-refractivity contribution in [1.29, 1.82) is 0 Å². The third kappa shape index (κ3) is 3.99. The van der Waals surface area contributed by atoms with Gasteiger partial charge < -0.3 is 16.0 Å². The van der Waals surface area contributed by atoms with Gasteiger partial charge in [-0.3, -0.25) is 4.79 Å². The fourth-order valence-corrected chi connectivity index (χ4v) is 4.83. The van der Waals surface area contributed by atoms with Crippen LogP contribution >= 0.6 is 0 Å². The van der Waals surface area contributed by atoms with E-state index in [9.17, 15) is 18.0 Å². The van der Waals surface area contributed by atoms with Gasteiger partial charge in [0.1, 0.15) is 0 Å². The number of urea groups is 1. The number of hydrogen-bond acceptors (Lipinski definition) is 4. The molecular weight excluding hydrogens is 356 g/mol. The number of primary amides is 1. The van der Waals surface area contributed by atoms with E-state index in [1.807, 2.05) is 0 Å². The molecule has 2 aliphatic heterocycles. The average Bonchev–Trinajstić information content (AvgIpc) is 3.17. The molecule has 8 nitrogen and oxygen atoms in total. The molecular formula is C17H24N4O4S. The number of piperidine rings is 1. The highest BCUT2D eigenvalue weighted by Crippen LogP contribution is 2.24. The summed E-state index contributed by atoms with van der Waals surface area (Å²) in [4.78, 5) is 25.2. The van der Waals surface area contributed by atoms with Crippen LogP contribution in [0.5, 0.6) is 0 Å². The van der Waals surface area contributed by atoms with Gasteiger partial charge in [0.2, 0.25) is 15.9 Å². The number of hydrogen-bond donors (Lipinski definition) is 2. The molecule has 3 amide bonds. The largest absolute Gasteiger partial charge is 0.369 e. The van der Waals surface area contributed by atoms with Gasteiger partial charge in [-0.25, -0.2) is 13.2 Å². The molecule has 0 spiro atoms. The Morgan fingerprint density at radius 1 is 1.00 bits per heavy atom. The van der Waals surface area contributed by atoms with E-state index >= 15 is 0 Å². The van der Waals surface area contributed by atoms with E-state index < -0.39 is 10.0 Å². The minimum Gasteiger partial charge on any atom is -0.369 e. The highest BCUT2D eigenvalue weighted by Gasteiger charge is 2.31. The monoisotopic (exact) mass is 380 g/mol. The molecule has 2 heterocycles. The first-order valence-electron chi connectivity index (χ1n) is 8.83. The van der Waals surface area contributed by atoms with Gasteiger partial charge in [0, 0.05) is 37.8 Å². The van der Waals surface area contributed by atoms with E-state index in [0.717, 1.165) is 25.9 Å². The molecule has 1 aromatic rings. The molecule has 2 aliphatic rings. The molecule has 3 N–H and O–H groups in total. The van der Waals surface area contributed by atoms with Crippen LogP contribution < -0.4 is 11.1 Å². The number of rotatable bonds is 4. The van der Waals surface area contributed by atoms with Crippen LogP contribution in [0, 0.1) is 5.92 Å². The fraction of sp³-hybridized carbons (Fsp3) is 0.529. The summed E-state index contributed by atoms with van der Waals surface area (Å²) in [7, 11) is -3.61. The maximum absolute atomic E-state index is 12.7. The second-order valence-electron chi connectivity index (χ2n) is 6.73. The number of anilines is 1. The molecule has 0 aromatic heterocycles. The highest BCUT2D eigenvalue weighted by molar-refractivity contribution is 7.89. The summed E-state index contributed by atoms with van der Waals surface area (Å²) in [5.74, 6) is -0.634. The van der Waals surface area contributed by atoms with E-state index in [1.165, 1.54) is 16.4 Å². The SMILES string of the molecule is NC(=O)C1CCN(S(=O)(=O)c2ccc(NC(=O)N3CCCC3)cc2)CC1. The van der Waals surface area contributed by atoms with Crippen LogP contribution in [0.25, 0.3) is 0 Å². The molecule has 1 aromatic carbocycles. The van der Waals surface area contributed by atoms with Gasteiger partial charge in [0.15, 0.2) is 0 Å². The van der Waals surface area contributed by atoms with E-state index in [-0.39, 0.29) is 35.8 Å². The third-order valence-corrected chi connectivity index (χ3v) is 6.91. The maximum Gasteiger partial charge on any atom is 0.321 e. The molecule has 2 saturated heterocycles. The lowest BCUT2D eigenvalue weighted by molar-refractivity contribution is -0.122. The zero-order valence-electron chi connectivity index (χ0n) is 14.6. The summed E-state index contributed by atoms with van der Waals surface area (Å²) in [5, 5.41) is 2.79. The summed E-state index contributed by atoms with van der Waals surface area (Å²) < 4.78 is 26.8. The van der Waals surface area contributed by atoms with Crippen molar-refractivity contribution < 1.29 is 18.0 Å². The van der Waals surface area contributed by atoms with E-state index in [2.05, 4.69) is 5.32 Å². The highest BCUT2D eigenvalue weighted by atomic mass is 32.2. The van der Waals surface area contributed by atoms with Crippen LogP contribution in [0.15, 0.2) is 29.2 Å². The van der Waals surface area contributed by atoms with E-state index in [0.29, 0.717) is 18.5 Å². The van der Waals surface area contributed by atoms with Gasteiger partial charge >= 0.3 is 6.03 Å². The van der Waals surface area contributed by atoms with Crippen molar-refractivity contribution in [2.45, 2.75) is 30.6 Å². The molecule has 0 aliphatic carbocycles. The maximum atomic E-state index is 12.7. The van der Waals surface area contributed by atoms with Crippen LogP contribution in [0.1, 0.15) is 25.7 Å². The van der Waals surface area contributed by atoms with Crippen LogP contribution in [-0.2, 0) is 14.8 Å². The smallest absolute Gasteiger partial charge is 0.321 e. The molecule has 0 bridgehead atoms. The lowest BCUT2D eigenvalue weighted by atomic mass is 9.98. The average molecular weight is 380 g/mol. The second kappa shape index (κ2) is 7.63. The molecule has 9 heteroatoms. The first-order chi connectivity index (χ1) is 12.4. The van der Waals surface area contributed by atoms with Crippen molar-refractivity contribution >= 4 is 27.6 Å². The van der Waals surface area contributed by atoms with Crippen molar-refractivity contribution in [2.24, 2.45) is 11.7 Å². The Bertz CT molecular complexity index is 764. The molecule has 3 rings (SSSR count). The number of carbonyl (C=O) groups is 2. The van der Waals surface area contributed by atoms with E-state index in [4.69, 9.17) is 5.73 Å². The Kier molecular flexibility index (Phi) is 5.47. The summed E-state index contributed by atoms with van der Waals surface area (Å²) >= 11 is 0. The Balaban J connectivity index is 1.63. The Morgan fingerprint density at radius 2 is 1.58 bits per heavy atom. The van der Waals surface area contributed by atoms with Gasteiger partial charge in [0.05, 0.1) is 4.90 Å². The van der Waals surface area contributed by atoms with Crippen LogP contribution in [0.4, 0.5) is 10.5 Å². The molecule has 0 saturated carbocycles. The van der Waals surface area contributed by atoms with Gasteiger partial charge in [-0.05, 0) is 49.9 Å². The number of amides is 3. The summed E-state index contributed by atoms with van der Waals surface area (Å²) in [6.07, 6.45) is 2.91. The predicted octanol–water partition coefficient (Wildman–Crippen LogP) is 1.20. The number of benzene rings is 1. The number of nitrogens with zero attached hydrogens (tertiary/aromatic N) is 2. The molecule has 0 radical (unpaired) electrons. The number of nitrogens with two attached hydrogens (primary N) is 1. The van der Waals surface area contributed by atoms with Gasteiger partial charge in [0.25, 0.3) is 0 Å². The Hall–Kier alpha value is -2.13. The van der Waals surface area contributed by atoms with E-state index in [1.54, 1.807) is 17.0 Å². The Labute approximate surface area is 153 Å². The fourth-order valence-electron chi connectivity index (χ4n) is 3.36. The molecule has 0 atom stereocenters. The number of carbonyl (C=O) groups excluding carboxylic acids is 2. The standard InChI is InChI=1S/C17H24N4O4S/c18-16(22)13-7-11-21(12-8-13)26(24,25)15-5-3-14(4-6-15)19-17(23)20-9-1-2-10-20/h3-6,13H,1-2,7-12H2,(H2,18,22)(H,19,23). The molecule has 26 heavy (non-hydrogen) atoms. The molecule has 2 fully saturated rings. The molecule has 0 unspecified atom stereocenters. The van der Waals surface area contributed by atoms with Crippen LogP contribution in [0.2, 0.25) is 0 Å². The lowest BCUT2D eigenvalue weighted by Gasteiger charge is -2.29. The lowest BCUT2D eigenvalue weighted by Crippen LogP contribution is -2.41. The first kappa shape index (κ1) is 18.7. The van der Waals surface area contributed by atoms with Crippen molar-refractivity contribution in [3.8, 4) is 0 Å². The second-order valence-corrected chi connectivity index (χ2v) is 8.67. The zero-order valence-corrected chi connectivity index (χ0v) is 15.4. The number of nitrogens with one attached hydrogen (secondary N) is 1. The third-order valence-electron chi connectivity index (χ3n) is 4.99. The first-order valence-corrected chi connectivity index (χ1v) is 10.3.